The molecule has 3 rings (SSSR count). The fraction of sp³-hybridized carbons (Fsp3) is 0.600. The Kier molecular flexibility index (Phi) is 10.7. The van der Waals surface area contributed by atoms with Gasteiger partial charge in [-0.3, -0.25) is 14.4 Å². The van der Waals surface area contributed by atoms with Gasteiger partial charge in [-0.2, -0.15) is 0 Å². The molecule has 1 fully saturated rings. The van der Waals surface area contributed by atoms with Crippen LogP contribution in [0.5, 0.6) is 11.5 Å². The molecule has 0 aliphatic heterocycles. The van der Waals surface area contributed by atoms with Crippen LogP contribution in [0, 0.1) is 0 Å². The molecule has 0 bridgehead atoms. The average molecular weight is 518 g/mol. The summed E-state index contributed by atoms with van der Waals surface area (Å²) in [4.78, 5) is 37.4. The largest absolute Gasteiger partial charge is 0.423 e. The van der Waals surface area contributed by atoms with E-state index in [1.807, 2.05) is 16.5 Å². The molecule has 0 unspecified atom stereocenters. The second-order valence-corrected chi connectivity index (χ2v) is 9.90. The Morgan fingerprint density at radius 1 is 1.08 bits per heavy atom. The number of hydrogen-bond acceptors (Lipinski definition) is 9. The first-order chi connectivity index (χ1) is 17.4. The van der Waals surface area contributed by atoms with Crippen molar-refractivity contribution >= 4 is 29.6 Å². The van der Waals surface area contributed by atoms with E-state index < -0.39 is 11.9 Å². The zero-order valence-corrected chi connectivity index (χ0v) is 22.1. The van der Waals surface area contributed by atoms with Gasteiger partial charge in [-0.15, -0.1) is 5.10 Å². The third-order valence-corrected chi connectivity index (χ3v) is 7.09. The minimum atomic E-state index is -0.503. The predicted octanol–water partition coefficient (Wildman–Crippen LogP) is 3.99. The second-order valence-electron chi connectivity index (χ2n) is 8.84. The van der Waals surface area contributed by atoms with E-state index in [0.29, 0.717) is 32.0 Å². The summed E-state index contributed by atoms with van der Waals surface area (Å²) >= 11 is 1.61. The van der Waals surface area contributed by atoms with E-state index in [4.69, 9.17) is 9.47 Å². The van der Waals surface area contributed by atoms with Gasteiger partial charge in [0.15, 0.2) is 11.5 Å². The van der Waals surface area contributed by atoms with E-state index in [2.05, 4.69) is 15.5 Å². The predicted molar refractivity (Wildman–Crippen MR) is 135 cm³/mol. The van der Waals surface area contributed by atoms with Gasteiger partial charge in [-0.1, -0.05) is 37.1 Å². The molecule has 0 radical (unpaired) electrons. The molecule has 1 heterocycles. The number of rotatable bonds is 12. The van der Waals surface area contributed by atoms with Crippen LogP contribution in [-0.4, -0.2) is 61.8 Å². The second kappa shape index (κ2) is 14.0. The number of likely N-dealkylation sites (N-methyl/N-ethyl adjacent to an activating group) is 1. The number of ether oxygens (including phenoxy) is 2. The molecular weight excluding hydrogens is 482 g/mol. The number of hydrogen-bond donors (Lipinski definition) is 0. The lowest BCUT2D eigenvalue weighted by atomic mass is 9.96. The molecule has 1 amide bonds. The fourth-order valence-corrected chi connectivity index (χ4v) is 5.17. The van der Waals surface area contributed by atoms with Gasteiger partial charge in [0.05, 0.1) is 6.04 Å². The van der Waals surface area contributed by atoms with Gasteiger partial charge < -0.3 is 14.4 Å². The Hall–Kier alpha value is -2.95. The van der Waals surface area contributed by atoms with Crippen LogP contribution in [0.15, 0.2) is 23.4 Å². The Bertz CT molecular complexity index is 1040. The zero-order chi connectivity index (χ0) is 25.9. The van der Waals surface area contributed by atoms with E-state index in [9.17, 15) is 14.4 Å². The van der Waals surface area contributed by atoms with E-state index in [1.165, 1.54) is 33.1 Å². The van der Waals surface area contributed by atoms with Gasteiger partial charge in [0.1, 0.15) is 0 Å². The van der Waals surface area contributed by atoms with Crippen molar-refractivity contribution in [1.29, 1.82) is 0 Å². The van der Waals surface area contributed by atoms with Crippen molar-refractivity contribution in [3.63, 3.8) is 0 Å². The van der Waals surface area contributed by atoms with Crippen molar-refractivity contribution in [1.82, 2.24) is 25.1 Å². The maximum Gasteiger partial charge on any atom is 0.308 e. The third-order valence-electron chi connectivity index (χ3n) is 6.07. The Labute approximate surface area is 216 Å². The molecule has 1 aromatic carbocycles. The first-order valence-electron chi connectivity index (χ1n) is 12.6. The molecule has 1 saturated carbocycles. The molecule has 11 heteroatoms. The summed E-state index contributed by atoms with van der Waals surface area (Å²) in [6, 6.07) is 5.46. The number of esters is 2. The molecule has 196 valence electrons. The summed E-state index contributed by atoms with van der Waals surface area (Å²) in [5.41, 5.74) is 0.874. The highest BCUT2D eigenvalue weighted by molar-refractivity contribution is 7.99. The number of benzene rings is 1. The van der Waals surface area contributed by atoms with Gasteiger partial charge in [-0.05, 0) is 60.7 Å². The van der Waals surface area contributed by atoms with E-state index in [-0.39, 0.29) is 17.4 Å². The van der Waals surface area contributed by atoms with Crippen LogP contribution >= 0.6 is 11.8 Å². The zero-order valence-electron chi connectivity index (χ0n) is 21.3. The smallest absolute Gasteiger partial charge is 0.308 e. The molecule has 0 spiro atoms. The number of nitrogens with zero attached hydrogens (tertiary/aromatic N) is 5. The molecule has 0 saturated heterocycles. The summed E-state index contributed by atoms with van der Waals surface area (Å²) in [5.74, 6) is 0.259. The Balaban J connectivity index is 1.47. The standard InChI is InChI=1S/C25H35N5O5S/c1-4-29(15-14-20-12-13-22(34-18(2)31)23(17-20)35-19(3)32)24(33)11-8-16-36-25-26-27-28-30(25)21-9-6-5-7-10-21/h12-13,17,21H,4-11,14-16H2,1-3H3. The summed E-state index contributed by atoms with van der Waals surface area (Å²) in [6.07, 6.45) is 7.74. The summed E-state index contributed by atoms with van der Waals surface area (Å²) < 4.78 is 12.3. The Morgan fingerprint density at radius 3 is 2.50 bits per heavy atom. The van der Waals surface area contributed by atoms with Crippen LogP contribution in [-0.2, 0) is 20.8 Å². The molecule has 10 nitrogen and oxygen atoms in total. The first-order valence-corrected chi connectivity index (χ1v) is 13.5. The molecule has 2 aromatic rings. The minimum absolute atomic E-state index is 0.0988. The SMILES string of the molecule is CCN(CCc1ccc(OC(C)=O)c(OC(C)=O)c1)C(=O)CCCSc1nnnn1C1CCCCC1. The van der Waals surface area contributed by atoms with Crippen molar-refractivity contribution in [2.75, 3.05) is 18.8 Å². The number of tetrazole rings is 1. The van der Waals surface area contributed by atoms with Crippen molar-refractivity contribution < 1.29 is 23.9 Å². The Morgan fingerprint density at radius 2 is 1.81 bits per heavy atom. The molecule has 36 heavy (non-hydrogen) atoms. The van der Waals surface area contributed by atoms with Crippen molar-refractivity contribution in [2.24, 2.45) is 0 Å². The molecule has 0 N–H and O–H groups in total. The van der Waals surface area contributed by atoms with Crippen molar-refractivity contribution in [3.8, 4) is 11.5 Å². The normalized spacial score (nSPS) is 13.9. The van der Waals surface area contributed by atoms with E-state index >= 15 is 0 Å². The van der Waals surface area contributed by atoms with Crippen LogP contribution in [0.25, 0.3) is 0 Å². The third kappa shape index (κ3) is 8.32. The van der Waals surface area contributed by atoms with Crippen LogP contribution in [0.1, 0.15) is 77.3 Å². The maximum absolute atomic E-state index is 12.8. The monoisotopic (exact) mass is 517 g/mol. The van der Waals surface area contributed by atoms with Gasteiger partial charge in [0.25, 0.3) is 0 Å². The summed E-state index contributed by atoms with van der Waals surface area (Å²) in [5, 5.41) is 13.1. The van der Waals surface area contributed by atoms with Crippen molar-refractivity contribution in [2.45, 2.75) is 83.3 Å². The van der Waals surface area contributed by atoms with Crippen LogP contribution in [0.4, 0.5) is 0 Å². The van der Waals surface area contributed by atoms with Crippen LogP contribution in [0.2, 0.25) is 0 Å². The first kappa shape index (κ1) is 27.6. The van der Waals surface area contributed by atoms with Gasteiger partial charge in [0, 0.05) is 39.1 Å². The van der Waals surface area contributed by atoms with Gasteiger partial charge in [0.2, 0.25) is 11.1 Å². The van der Waals surface area contributed by atoms with Gasteiger partial charge in [-0.25, -0.2) is 4.68 Å². The molecule has 1 aliphatic carbocycles. The molecular formula is C25H35N5O5S. The lowest BCUT2D eigenvalue weighted by Gasteiger charge is -2.22. The highest BCUT2D eigenvalue weighted by atomic mass is 32.2. The number of carbonyl (C=O) groups excluding carboxylic acids is 3. The number of amides is 1. The molecule has 1 aliphatic rings. The lowest BCUT2D eigenvalue weighted by Crippen LogP contribution is -2.32. The highest BCUT2D eigenvalue weighted by Crippen LogP contribution is 2.31. The number of aromatic nitrogens is 4. The topological polar surface area (TPSA) is 117 Å². The lowest BCUT2D eigenvalue weighted by molar-refractivity contribution is -0.134. The van der Waals surface area contributed by atoms with Crippen LogP contribution in [0.3, 0.4) is 0 Å². The molecule has 1 aromatic heterocycles. The van der Waals surface area contributed by atoms with E-state index in [1.54, 1.807) is 30.0 Å². The quantitative estimate of drug-likeness (QED) is 0.178. The maximum atomic E-state index is 12.8. The average Bonchev–Trinajstić information content (AvgIpc) is 3.32. The summed E-state index contributed by atoms with van der Waals surface area (Å²) in [6.45, 7) is 5.67. The number of carbonyl (C=O) groups is 3. The molecule has 0 atom stereocenters. The van der Waals surface area contributed by atoms with Gasteiger partial charge >= 0.3 is 11.9 Å². The minimum Gasteiger partial charge on any atom is -0.423 e. The van der Waals surface area contributed by atoms with E-state index in [0.717, 1.165) is 35.7 Å². The van der Waals surface area contributed by atoms with Crippen LogP contribution < -0.4 is 9.47 Å². The highest BCUT2D eigenvalue weighted by Gasteiger charge is 2.20. The number of thioether (sulfide) groups is 1. The van der Waals surface area contributed by atoms with Crippen molar-refractivity contribution in [3.05, 3.63) is 23.8 Å². The fourth-order valence-electron chi connectivity index (χ4n) is 4.29. The summed E-state index contributed by atoms with van der Waals surface area (Å²) in [7, 11) is 0.